The lowest BCUT2D eigenvalue weighted by Gasteiger charge is -2.18. The predicted molar refractivity (Wildman–Crippen MR) is 132 cm³/mol. The highest BCUT2D eigenvalue weighted by molar-refractivity contribution is 6.33. The summed E-state index contributed by atoms with van der Waals surface area (Å²) in [6.07, 6.45) is 0.219. The summed E-state index contributed by atoms with van der Waals surface area (Å²) in [5.41, 5.74) is 2.22. The summed E-state index contributed by atoms with van der Waals surface area (Å²) < 4.78 is 11.4. The Bertz CT molecular complexity index is 1110. The Hall–Kier alpha value is -3.71. The molecule has 3 amide bonds. The Kier molecular flexibility index (Phi) is 8.55. The number of carbonyl (C=O) groups excluding carboxylic acids is 2. The van der Waals surface area contributed by atoms with Crippen LogP contribution in [0.1, 0.15) is 19.4 Å². The van der Waals surface area contributed by atoms with Crippen molar-refractivity contribution in [2.75, 3.05) is 29.2 Å². The molecule has 0 aliphatic rings. The van der Waals surface area contributed by atoms with E-state index in [9.17, 15) is 9.59 Å². The quantitative estimate of drug-likeness (QED) is 0.362. The molecule has 0 fully saturated rings. The third-order valence-electron chi connectivity index (χ3n) is 4.53. The molecule has 172 valence electrons. The average Bonchev–Trinajstić information content (AvgIpc) is 2.79. The lowest BCUT2D eigenvalue weighted by molar-refractivity contribution is -0.115. The molecule has 0 spiro atoms. The van der Waals surface area contributed by atoms with E-state index in [1.807, 2.05) is 44.2 Å². The number of benzene rings is 3. The summed E-state index contributed by atoms with van der Waals surface area (Å²) in [4.78, 5) is 25.2. The molecule has 3 rings (SSSR count). The third kappa shape index (κ3) is 6.89. The van der Waals surface area contributed by atoms with Crippen molar-refractivity contribution >= 4 is 40.6 Å². The molecule has 0 aromatic heterocycles. The van der Waals surface area contributed by atoms with E-state index in [-0.39, 0.29) is 12.3 Å². The summed E-state index contributed by atoms with van der Waals surface area (Å²) in [6.45, 7) is 4.41. The molecule has 0 saturated carbocycles. The van der Waals surface area contributed by atoms with Gasteiger partial charge in [0.15, 0.2) is 0 Å². The Labute approximate surface area is 198 Å². The number of rotatable bonds is 9. The number of anilines is 3. The number of halogens is 1. The van der Waals surface area contributed by atoms with Gasteiger partial charge in [-0.1, -0.05) is 54.1 Å². The van der Waals surface area contributed by atoms with Crippen LogP contribution in [0.4, 0.5) is 21.9 Å². The number of ether oxygens (including phenoxy) is 2. The first-order valence-corrected chi connectivity index (χ1v) is 11.0. The van der Waals surface area contributed by atoms with Crippen molar-refractivity contribution in [3.63, 3.8) is 0 Å². The molecule has 0 saturated heterocycles. The second kappa shape index (κ2) is 11.8. The van der Waals surface area contributed by atoms with Crippen LogP contribution in [-0.4, -0.2) is 25.2 Å². The maximum absolute atomic E-state index is 12.6. The molecule has 3 aromatic carbocycles. The molecule has 0 aliphatic carbocycles. The van der Waals surface area contributed by atoms with Crippen molar-refractivity contribution in [3.8, 4) is 11.5 Å². The standard InChI is InChI=1S/C25H26ClN3O4/c1-3-32-22-16-21(29-25(31)28-19-13-9-8-12-18(19)26)23(33-4-2)15-20(22)27-24(30)14-17-10-6-5-7-11-17/h5-13,15-16H,3-4,14H2,1-2H3,(H,27,30)(H2,28,29,31). The van der Waals surface area contributed by atoms with Gasteiger partial charge in [-0.05, 0) is 31.5 Å². The molecule has 0 bridgehead atoms. The fourth-order valence-electron chi connectivity index (χ4n) is 3.12. The highest BCUT2D eigenvalue weighted by atomic mass is 35.5. The number of hydrogen-bond donors (Lipinski definition) is 3. The first-order valence-electron chi connectivity index (χ1n) is 10.6. The molecular formula is C25H26ClN3O4. The zero-order valence-electron chi connectivity index (χ0n) is 18.5. The first-order chi connectivity index (χ1) is 16.0. The number of nitrogens with one attached hydrogen (secondary N) is 3. The number of hydrogen-bond acceptors (Lipinski definition) is 4. The predicted octanol–water partition coefficient (Wildman–Crippen LogP) is 5.96. The molecule has 8 heteroatoms. The number of para-hydroxylation sites is 1. The van der Waals surface area contributed by atoms with Gasteiger partial charge in [0.1, 0.15) is 11.5 Å². The van der Waals surface area contributed by atoms with Gasteiger partial charge in [0.05, 0.1) is 41.7 Å². The minimum Gasteiger partial charge on any atom is -0.492 e. The van der Waals surface area contributed by atoms with E-state index < -0.39 is 6.03 Å². The Balaban J connectivity index is 1.82. The molecule has 0 atom stereocenters. The zero-order valence-corrected chi connectivity index (χ0v) is 19.2. The Morgan fingerprint density at radius 3 is 1.91 bits per heavy atom. The summed E-state index contributed by atoms with van der Waals surface area (Å²) in [7, 11) is 0. The van der Waals surface area contributed by atoms with Crippen LogP contribution in [0.2, 0.25) is 5.02 Å². The molecular weight excluding hydrogens is 442 g/mol. The van der Waals surface area contributed by atoms with Crippen LogP contribution in [0.5, 0.6) is 11.5 Å². The maximum atomic E-state index is 12.6. The second-order valence-electron chi connectivity index (χ2n) is 6.98. The largest absolute Gasteiger partial charge is 0.492 e. The van der Waals surface area contributed by atoms with Crippen molar-refractivity contribution in [2.24, 2.45) is 0 Å². The van der Waals surface area contributed by atoms with Crippen LogP contribution >= 0.6 is 11.6 Å². The Morgan fingerprint density at radius 1 is 0.758 bits per heavy atom. The van der Waals surface area contributed by atoms with E-state index in [1.165, 1.54) is 0 Å². The number of urea groups is 1. The van der Waals surface area contributed by atoms with Crippen LogP contribution in [0.3, 0.4) is 0 Å². The van der Waals surface area contributed by atoms with E-state index >= 15 is 0 Å². The van der Waals surface area contributed by atoms with Gasteiger partial charge in [0, 0.05) is 12.1 Å². The zero-order chi connectivity index (χ0) is 23.6. The van der Waals surface area contributed by atoms with Crippen molar-refractivity contribution in [3.05, 3.63) is 77.3 Å². The van der Waals surface area contributed by atoms with E-state index in [1.54, 1.807) is 36.4 Å². The molecule has 33 heavy (non-hydrogen) atoms. The van der Waals surface area contributed by atoms with Crippen LogP contribution in [0.25, 0.3) is 0 Å². The molecule has 0 heterocycles. The lowest BCUT2D eigenvalue weighted by Crippen LogP contribution is -2.21. The third-order valence-corrected chi connectivity index (χ3v) is 4.86. The van der Waals surface area contributed by atoms with E-state index in [4.69, 9.17) is 21.1 Å². The normalized spacial score (nSPS) is 10.3. The van der Waals surface area contributed by atoms with Gasteiger partial charge < -0.3 is 25.4 Å². The second-order valence-corrected chi connectivity index (χ2v) is 7.39. The van der Waals surface area contributed by atoms with Crippen molar-refractivity contribution < 1.29 is 19.1 Å². The van der Waals surface area contributed by atoms with Crippen molar-refractivity contribution in [1.29, 1.82) is 0 Å². The van der Waals surface area contributed by atoms with Gasteiger partial charge in [-0.15, -0.1) is 0 Å². The molecule has 0 radical (unpaired) electrons. The minimum atomic E-state index is -0.493. The first kappa shape index (κ1) is 23.9. The van der Waals surface area contributed by atoms with Crippen LogP contribution < -0.4 is 25.4 Å². The van der Waals surface area contributed by atoms with E-state index in [0.29, 0.717) is 46.8 Å². The number of amides is 3. The monoisotopic (exact) mass is 467 g/mol. The summed E-state index contributed by atoms with van der Waals surface area (Å²) in [6, 6.07) is 19.1. The van der Waals surface area contributed by atoms with Gasteiger partial charge >= 0.3 is 6.03 Å². The molecule has 7 nitrogen and oxygen atoms in total. The minimum absolute atomic E-state index is 0.193. The van der Waals surface area contributed by atoms with Crippen LogP contribution in [0.15, 0.2) is 66.7 Å². The van der Waals surface area contributed by atoms with Crippen molar-refractivity contribution in [2.45, 2.75) is 20.3 Å². The van der Waals surface area contributed by atoms with E-state index in [2.05, 4.69) is 16.0 Å². The van der Waals surface area contributed by atoms with Gasteiger partial charge in [0.2, 0.25) is 5.91 Å². The smallest absolute Gasteiger partial charge is 0.323 e. The van der Waals surface area contributed by atoms with Gasteiger partial charge in [-0.2, -0.15) is 0 Å². The summed E-state index contributed by atoms with van der Waals surface area (Å²) in [5, 5.41) is 8.77. The molecule has 0 aliphatic heterocycles. The highest BCUT2D eigenvalue weighted by Gasteiger charge is 2.17. The fraction of sp³-hybridized carbons (Fsp3) is 0.200. The topological polar surface area (TPSA) is 88.7 Å². The highest BCUT2D eigenvalue weighted by Crippen LogP contribution is 2.37. The average molecular weight is 468 g/mol. The molecule has 0 unspecified atom stereocenters. The lowest BCUT2D eigenvalue weighted by atomic mass is 10.1. The van der Waals surface area contributed by atoms with Crippen LogP contribution in [-0.2, 0) is 11.2 Å². The van der Waals surface area contributed by atoms with Gasteiger partial charge in [-0.25, -0.2) is 4.79 Å². The summed E-state index contributed by atoms with van der Waals surface area (Å²) in [5.74, 6) is 0.613. The molecule has 3 N–H and O–H groups in total. The number of carbonyl (C=O) groups is 2. The van der Waals surface area contributed by atoms with Crippen LogP contribution in [0, 0.1) is 0 Å². The fourth-order valence-corrected chi connectivity index (χ4v) is 3.30. The Morgan fingerprint density at radius 2 is 1.30 bits per heavy atom. The molecule has 3 aromatic rings. The van der Waals surface area contributed by atoms with E-state index in [0.717, 1.165) is 5.56 Å². The maximum Gasteiger partial charge on any atom is 0.323 e. The SMILES string of the molecule is CCOc1cc(NC(=O)Nc2ccccc2Cl)c(OCC)cc1NC(=O)Cc1ccccc1. The van der Waals surface area contributed by atoms with Gasteiger partial charge in [0.25, 0.3) is 0 Å². The van der Waals surface area contributed by atoms with Gasteiger partial charge in [-0.3, -0.25) is 4.79 Å². The van der Waals surface area contributed by atoms with Crippen molar-refractivity contribution in [1.82, 2.24) is 0 Å². The summed E-state index contributed by atoms with van der Waals surface area (Å²) >= 11 is 6.12.